The van der Waals surface area contributed by atoms with Crippen LogP contribution in [0.4, 0.5) is 11.4 Å². The van der Waals surface area contributed by atoms with E-state index in [1.807, 2.05) is 24.3 Å². The first-order valence-electron chi connectivity index (χ1n) is 6.63. The van der Waals surface area contributed by atoms with Crippen LogP contribution in [0.2, 0.25) is 0 Å². The highest BCUT2D eigenvalue weighted by Gasteiger charge is 2.26. The third-order valence-corrected chi connectivity index (χ3v) is 3.27. The number of nitrogens with one attached hydrogen (secondary N) is 2. The Labute approximate surface area is 118 Å². The number of ether oxygens (including phenoxy) is 1. The van der Waals surface area contributed by atoms with E-state index < -0.39 is 6.10 Å². The lowest BCUT2D eigenvalue weighted by Crippen LogP contribution is -2.48. The molecule has 0 bridgehead atoms. The molecule has 0 radical (unpaired) electrons. The lowest BCUT2D eigenvalue weighted by molar-refractivity contribution is -0.132. The van der Waals surface area contributed by atoms with Gasteiger partial charge in [-0.15, -0.1) is 0 Å². The molecule has 6 nitrogen and oxygen atoms in total. The molecular formula is C14H21N3O3. The predicted octanol–water partition coefficient (Wildman–Crippen LogP) is 0.358. The number of benzene rings is 1. The predicted molar refractivity (Wildman–Crippen MR) is 77.9 cm³/mol. The standard InChI is InChI=1S/C14H21N3O3/c1-17(8-10(18)9-20-2)14(19)13-7-15-11-5-3-4-6-12(11)16-13/h3-6,10,13,15-16,18H,7-9H2,1-2H3. The maximum atomic E-state index is 12.3. The van der Waals surface area contributed by atoms with E-state index in [9.17, 15) is 9.90 Å². The van der Waals surface area contributed by atoms with Gasteiger partial charge in [0.1, 0.15) is 6.04 Å². The molecule has 2 rings (SSSR count). The molecule has 0 saturated carbocycles. The van der Waals surface area contributed by atoms with Crippen molar-refractivity contribution in [3.63, 3.8) is 0 Å². The summed E-state index contributed by atoms with van der Waals surface area (Å²) in [5.41, 5.74) is 1.92. The molecular weight excluding hydrogens is 258 g/mol. The Morgan fingerprint density at radius 3 is 2.90 bits per heavy atom. The van der Waals surface area contributed by atoms with Crippen LogP contribution in [0.5, 0.6) is 0 Å². The molecule has 0 fully saturated rings. The Hall–Kier alpha value is -1.79. The molecule has 2 unspecified atom stereocenters. The molecule has 20 heavy (non-hydrogen) atoms. The van der Waals surface area contributed by atoms with E-state index in [0.717, 1.165) is 11.4 Å². The van der Waals surface area contributed by atoms with Crippen LogP contribution in [-0.2, 0) is 9.53 Å². The van der Waals surface area contributed by atoms with Gasteiger partial charge in [-0.25, -0.2) is 0 Å². The van der Waals surface area contributed by atoms with Gasteiger partial charge in [0, 0.05) is 27.2 Å². The second-order valence-electron chi connectivity index (χ2n) is 4.95. The van der Waals surface area contributed by atoms with Gasteiger partial charge in [0.05, 0.1) is 24.1 Å². The third kappa shape index (κ3) is 3.40. The minimum absolute atomic E-state index is 0.0536. The molecule has 110 valence electrons. The molecule has 2 atom stereocenters. The van der Waals surface area contributed by atoms with Gasteiger partial charge < -0.3 is 25.4 Å². The highest BCUT2D eigenvalue weighted by atomic mass is 16.5. The number of likely N-dealkylation sites (N-methyl/N-ethyl adjacent to an activating group) is 1. The SMILES string of the molecule is COCC(O)CN(C)C(=O)C1CNc2ccccc2N1. The van der Waals surface area contributed by atoms with Crippen LogP contribution in [-0.4, -0.2) is 61.9 Å². The number of carbonyl (C=O) groups is 1. The largest absolute Gasteiger partial charge is 0.389 e. The number of fused-ring (bicyclic) bond motifs is 1. The number of methoxy groups -OCH3 is 1. The fourth-order valence-corrected chi connectivity index (χ4v) is 2.28. The van der Waals surface area contributed by atoms with Crippen LogP contribution in [0.25, 0.3) is 0 Å². The maximum absolute atomic E-state index is 12.3. The summed E-state index contributed by atoms with van der Waals surface area (Å²) in [5, 5.41) is 16.1. The highest BCUT2D eigenvalue weighted by Crippen LogP contribution is 2.25. The summed E-state index contributed by atoms with van der Waals surface area (Å²) in [6, 6.07) is 7.44. The average molecular weight is 279 g/mol. The van der Waals surface area contributed by atoms with E-state index in [1.54, 1.807) is 7.05 Å². The van der Waals surface area contributed by atoms with Crippen LogP contribution in [0.3, 0.4) is 0 Å². The molecule has 1 aliphatic heterocycles. The van der Waals surface area contributed by atoms with E-state index in [0.29, 0.717) is 6.54 Å². The van der Waals surface area contributed by atoms with Gasteiger partial charge in [-0.3, -0.25) is 4.79 Å². The van der Waals surface area contributed by atoms with Gasteiger partial charge in [-0.1, -0.05) is 12.1 Å². The number of nitrogens with zero attached hydrogens (tertiary/aromatic N) is 1. The van der Waals surface area contributed by atoms with Crippen molar-refractivity contribution in [2.75, 3.05) is 44.5 Å². The molecule has 3 N–H and O–H groups in total. The Kier molecular flexibility index (Phi) is 4.81. The average Bonchev–Trinajstić information content (AvgIpc) is 2.46. The second kappa shape index (κ2) is 6.58. The number of hydrogen-bond donors (Lipinski definition) is 3. The zero-order valence-corrected chi connectivity index (χ0v) is 11.8. The minimum Gasteiger partial charge on any atom is -0.389 e. The van der Waals surface area contributed by atoms with Gasteiger partial charge in [0.2, 0.25) is 5.91 Å². The fraction of sp³-hybridized carbons (Fsp3) is 0.500. The van der Waals surface area contributed by atoms with Crippen molar-refractivity contribution in [3.8, 4) is 0 Å². The maximum Gasteiger partial charge on any atom is 0.246 e. The quantitative estimate of drug-likeness (QED) is 0.725. The van der Waals surface area contributed by atoms with E-state index in [2.05, 4.69) is 10.6 Å². The number of aliphatic hydroxyl groups excluding tert-OH is 1. The molecule has 1 amide bonds. The summed E-state index contributed by atoms with van der Waals surface area (Å²) in [4.78, 5) is 13.8. The highest BCUT2D eigenvalue weighted by molar-refractivity contribution is 5.88. The van der Waals surface area contributed by atoms with Crippen LogP contribution >= 0.6 is 0 Å². The normalized spacial score (nSPS) is 18.4. The molecule has 1 aliphatic rings. The zero-order chi connectivity index (χ0) is 14.5. The van der Waals surface area contributed by atoms with Crippen molar-refractivity contribution in [1.29, 1.82) is 0 Å². The minimum atomic E-state index is -0.669. The molecule has 0 aromatic heterocycles. The first-order valence-corrected chi connectivity index (χ1v) is 6.63. The lowest BCUT2D eigenvalue weighted by Gasteiger charge is -2.31. The summed E-state index contributed by atoms with van der Waals surface area (Å²) in [5.74, 6) is -0.0536. The van der Waals surface area contributed by atoms with Gasteiger partial charge in [0.15, 0.2) is 0 Å². The van der Waals surface area contributed by atoms with Gasteiger partial charge in [0.25, 0.3) is 0 Å². The summed E-state index contributed by atoms with van der Waals surface area (Å²) < 4.78 is 4.86. The number of rotatable bonds is 5. The van der Waals surface area contributed by atoms with Crippen LogP contribution < -0.4 is 10.6 Å². The van der Waals surface area contributed by atoms with Gasteiger partial charge in [-0.05, 0) is 12.1 Å². The number of aliphatic hydroxyl groups is 1. The Balaban J connectivity index is 1.94. The van der Waals surface area contributed by atoms with Crippen molar-refractivity contribution in [3.05, 3.63) is 24.3 Å². The van der Waals surface area contributed by atoms with E-state index in [1.165, 1.54) is 12.0 Å². The first-order chi connectivity index (χ1) is 9.61. The number of carbonyl (C=O) groups excluding carboxylic acids is 1. The van der Waals surface area contributed by atoms with Crippen molar-refractivity contribution in [1.82, 2.24) is 4.90 Å². The van der Waals surface area contributed by atoms with E-state index in [4.69, 9.17) is 4.74 Å². The molecule has 1 aromatic carbocycles. The molecule has 0 saturated heterocycles. The summed E-state index contributed by atoms with van der Waals surface area (Å²) >= 11 is 0. The summed E-state index contributed by atoms with van der Waals surface area (Å²) in [7, 11) is 3.21. The summed E-state index contributed by atoms with van der Waals surface area (Å²) in [6.07, 6.45) is -0.669. The number of para-hydroxylation sites is 2. The van der Waals surface area contributed by atoms with Crippen molar-refractivity contribution in [2.45, 2.75) is 12.1 Å². The van der Waals surface area contributed by atoms with Gasteiger partial charge >= 0.3 is 0 Å². The second-order valence-corrected chi connectivity index (χ2v) is 4.95. The fourth-order valence-electron chi connectivity index (χ4n) is 2.28. The molecule has 1 aromatic rings. The number of hydrogen-bond acceptors (Lipinski definition) is 5. The van der Waals surface area contributed by atoms with Crippen molar-refractivity contribution in [2.24, 2.45) is 0 Å². The topological polar surface area (TPSA) is 73.8 Å². The zero-order valence-electron chi connectivity index (χ0n) is 11.8. The molecule has 1 heterocycles. The van der Waals surface area contributed by atoms with E-state index in [-0.39, 0.29) is 25.1 Å². The van der Waals surface area contributed by atoms with E-state index >= 15 is 0 Å². The Morgan fingerprint density at radius 1 is 1.50 bits per heavy atom. The lowest BCUT2D eigenvalue weighted by atomic mass is 10.1. The Morgan fingerprint density at radius 2 is 2.20 bits per heavy atom. The number of amides is 1. The molecule has 0 aliphatic carbocycles. The first kappa shape index (κ1) is 14.6. The summed E-state index contributed by atoms with van der Waals surface area (Å²) in [6.45, 7) is 1.00. The molecule has 0 spiro atoms. The van der Waals surface area contributed by atoms with Crippen molar-refractivity contribution < 1.29 is 14.6 Å². The number of anilines is 2. The smallest absolute Gasteiger partial charge is 0.246 e. The van der Waals surface area contributed by atoms with Crippen LogP contribution in [0.15, 0.2) is 24.3 Å². The van der Waals surface area contributed by atoms with Crippen LogP contribution in [0, 0.1) is 0 Å². The van der Waals surface area contributed by atoms with Crippen molar-refractivity contribution >= 4 is 17.3 Å². The monoisotopic (exact) mass is 279 g/mol. The van der Waals surface area contributed by atoms with Gasteiger partial charge in [-0.2, -0.15) is 0 Å². The third-order valence-electron chi connectivity index (χ3n) is 3.27. The Bertz CT molecular complexity index is 467. The molecule has 6 heteroatoms. The van der Waals surface area contributed by atoms with Crippen LogP contribution in [0.1, 0.15) is 0 Å².